The quantitative estimate of drug-likeness (QED) is 0.845. The van der Waals surface area contributed by atoms with Crippen molar-refractivity contribution in [2.75, 3.05) is 19.7 Å². The molecule has 0 aliphatic rings. The van der Waals surface area contributed by atoms with Crippen LogP contribution in [0.3, 0.4) is 0 Å². The standard InChI is InChI=1S/C15H18FNO2/c1-3-17(4-2)15(19)14-11-13(16)9-8-12(14)7-5-6-10-18/h8-9,11,18H,3-4,6,10H2,1-2H3. The smallest absolute Gasteiger partial charge is 0.255 e. The molecule has 0 atom stereocenters. The number of benzene rings is 1. The molecular weight excluding hydrogens is 245 g/mol. The van der Waals surface area contributed by atoms with Gasteiger partial charge < -0.3 is 10.0 Å². The van der Waals surface area contributed by atoms with Crippen molar-refractivity contribution < 1.29 is 14.3 Å². The maximum atomic E-state index is 13.3. The Morgan fingerprint density at radius 2 is 2.05 bits per heavy atom. The largest absolute Gasteiger partial charge is 0.395 e. The van der Waals surface area contributed by atoms with Gasteiger partial charge in [-0.2, -0.15) is 0 Å². The van der Waals surface area contributed by atoms with E-state index < -0.39 is 5.82 Å². The molecule has 102 valence electrons. The van der Waals surface area contributed by atoms with E-state index >= 15 is 0 Å². The molecule has 1 aromatic rings. The highest BCUT2D eigenvalue weighted by atomic mass is 19.1. The SMILES string of the molecule is CCN(CC)C(=O)c1cc(F)ccc1C#CCCO. The Hall–Kier alpha value is -1.86. The van der Waals surface area contributed by atoms with Gasteiger partial charge in [-0.15, -0.1) is 0 Å². The van der Waals surface area contributed by atoms with Gasteiger partial charge in [0.2, 0.25) is 0 Å². The molecule has 3 nitrogen and oxygen atoms in total. The van der Waals surface area contributed by atoms with Gasteiger partial charge in [-0.25, -0.2) is 4.39 Å². The molecule has 1 rings (SSSR count). The van der Waals surface area contributed by atoms with Gasteiger partial charge in [0, 0.05) is 25.1 Å². The minimum atomic E-state index is -0.455. The van der Waals surface area contributed by atoms with Crippen LogP contribution in [0.15, 0.2) is 18.2 Å². The Balaban J connectivity index is 3.14. The number of hydrogen-bond acceptors (Lipinski definition) is 2. The van der Waals surface area contributed by atoms with E-state index in [0.29, 0.717) is 25.1 Å². The number of hydrogen-bond donors (Lipinski definition) is 1. The summed E-state index contributed by atoms with van der Waals surface area (Å²) in [6.07, 6.45) is 0.330. The molecule has 4 heteroatoms. The minimum Gasteiger partial charge on any atom is -0.395 e. The van der Waals surface area contributed by atoms with Gasteiger partial charge in [-0.05, 0) is 32.0 Å². The number of halogens is 1. The van der Waals surface area contributed by atoms with Gasteiger partial charge in [0.1, 0.15) is 5.82 Å². The van der Waals surface area contributed by atoms with Crippen LogP contribution in [-0.4, -0.2) is 35.6 Å². The monoisotopic (exact) mass is 263 g/mol. The first kappa shape index (κ1) is 15.2. The van der Waals surface area contributed by atoms with E-state index in [2.05, 4.69) is 11.8 Å². The lowest BCUT2D eigenvalue weighted by atomic mass is 10.1. The third kappa shape index (κ3) is 4.08. The van der Waals surface area contributed by atoms with Gasteiger partial charge in [0.05, 0.1) is 12.2 Å². The molecule has 1 amide bonds. The number of carbonyl (C=O) groups is 1. The molecule has 1 aromatic carbocycles. The molecule has 0 saturated carbocycles. The summed E-state index contributed by atoms with van der Waals surface area (Å²) >= 11 is 0. The highest BCUT2D eigenvalue weighted by molar-refractivity contribution is 5.96. The summed E-state index contributed by atoms with van der Waals surface area (Å²) in [6.45, 7) is 4.84. The van der Waals surface area contributed by atoms with E-state index in [1.807, 2.05) is 13.8 Å². The lowest BCUT2D eigenvalue weighted by Crippen LogP contribution is -2.31. The molecule has 19 heavy (non-hydrogen) atoms. The molecule has 0 heterocycles. The fourth-order valence-corrected chi connectivity index (χ4v) is 1.70. The van der Waals surface area contributed by atoms with Crippen molar-refractivity contribution in [3.05, 3.63) is 35.1 Å². The first-order valence-corrected chi connectivity index (χ1v) is 6.32. The second-order valence-corrected chi connectivity index (χ2v) is 3.94. The van der Waals surface area contributed by atoms with E-state index in [4.69, 9.17) is 5.11 Å². The van der Waals surface area contributed by atoms with Gasteiger partial charge in [0.15, 0.2) is 0 Å². The number of nitrogens with zero attached hydrogens (tertiary/aromatic N) is 1. The summed E-state index contributed by atoms with van der Waals surface area (Å²) in [5.41, 5.74) is 0.765. The van der Waals surface area contributed by atoms with Crippen LogP contribution in [0, 0.1) is 17.7 Å². The topological polar surface area (TPSA) is 40.5 Å². The van der Waals surface area contributed by atoms with Crippen LogP contribution in [0.25, 0.3) is 0 Å². The molecule has 0 spiro atoms. The third-order valence-electron chi connectivity index (χ3n) is 2.72. The second kappa shape index (κ2) is 7.55. The number of rotatable bonds is 4. The summed E-state index contributed by atoms with van der Waals surface area (Å²) in [4.78, 5) is 13.9. The molecule has 0 radical (unpaired) electrons. The van der Waals surface area contributed by atoms with Crippen molar-refractivity contribution in [3.8, 4) is 11.8 Å². The summed E-state index contributed by atoms with van der Waals surface area (Å²) in [5.74, 6) is 4.87. The van der Waals surface area contributed by atoms with E-state index in [0.717, 1.165) is 0 Å². The summed E-state index contributed by atoms with van der Waals surface area (Å²) in [6, 6.07) is 3.99. The van der Waals surface area contributed by atoms with Crippen LogP contribution in [0.4, 0.5) is 4.39 Å². The highest BCUT2D eigenvalue weighted by Gasteiger charge is 2.16. The predicted octanol–water partition coefficient (Wildman–Crippen LogP) is 2.04. The Bertz CT molecular complexity index is 499. The van der Waals surface area contributed by atoms with Crippen LogP contribution in [0.2, 0.25) is 0 Å². The van der Waals surface area contributed by atoms with Crippen molar-refractivity contribution in [3.63, 3.8) is 0 Å². The molecular formula is C15H18FNO2. The summed E-state index contributed by atoms with van der Waals surface area (Å²) in [7, 11) is 0. The fraction of sp³-hybridized carbons (Fsp3) is 0.400. The second-order valence-electron chi connectivity index (χ2n) is 3.94. The minimum absolute atomic E-state index is 0.0342. The fourth-order valence-electron chi connectivity index (χ4n) is 1.70. The molecule has 0 unspecified atom stereocenters. The normalized spacial score (nSPS) is 9.68. The molecule has 0 bridgehead atoms. The molecule has 0 aliphatic carbocycles. The van der Waals surface area contributed by atoms with E-state index in [-0.39, 0.29) is 18.1 Å². The van der Waals surface area contributed by atoms with E-state index in [1.165, 1.54) is 18.2 Å². The molecule has 0 aromatic heterocycles. The average Bonchev–Trinajstić information content (AvgIpc) is 2.41. The van der Waals surface area contributed by atoms with Crippen molar-refractivity contribution in [1.29, 1.82) is 0 Å². The van der Waals surface area contributed by atoms with Crippen molar-refractivity contribution in [1.82, 2.24) is 4.90 Å². The Morgan fingerprint density at radius 1 is 1.37 bits per heavy atom. The van der Waals surface area contributed by atoms with E-state index in [1.54, 1.807) is 4.90 Å². The Labute approximate surface area is 113 Å². The summed E-state index contributed by atoms with van der Waals surface area (Å²) < 4.78 is 13.3. The lowest BCUT2D eigenvalue weighted by Gasteiger charge is -2.19. The Morgan fingerprint density at radius 3 is 2.63 bits per heavy atom. The van der Waals surface area contributed by atoms with Crippen LogP contribution < -0.4 is 0 Å². The molecule has 0 saturated heterocycles. The van der Waals surface area contributed by atoms with Crippen LogP contribution >= 0.6 is 0 Å². The highest BCUT2D eigenvalue weighted by Crippen LogP contribution is 2.13. The first-order valence-electron chi connectivity index (χ1n) is 6.32. The average molecular weight is 263 g/mol. The van der Waals surface area contributed by atoms with Crippen LogP contribution in [0.5, 0.6) is 0 Å². The van der Waals surface area contributed by atoms with Gasteiger partial charge in [-0.3, -0.25) is 4.79 Å². The molecule has 0 fully saturated rings. The van der Waals surface area contributed by atoms with Gasteiger partial charge in [0.25, 0.3) is 5.91 Å². The van der Waals surface area contributed by atoms with Crippen molar-refractivity contribution in [2.45, 2.75) is 20.3 Å². The maximum absolute atomic E-state index is 13.3. The molecule has 1 N–H and O–H groups in total. The van der Waals surface area contributed by atoms with Crippen LogP contribution in [0.1, 0.15) is 36.2 Å². The van der Waals surface area contributed by atoms with Gasteiger partial charge >= 0.3 is 0 Å². The van der Waals surface area contributed by atoms with Crippen molar-refractivity contribution >= 4 is 5.91 Å². The van der Waals surface area contributed by atoms with Gasteiger partial charge in [-0.1, -0.05) is 11.8 Å². The predicted molar refractivity (Wildman–Crippen MR) is 72.2 cm³/mol. The number of carbonyl (C=O) groups excluding carboxylic acids is 1. The third-order valence-corrected chi connectivity index (χ3v) is 2.72. The van der Waals surface area contributed by atoms with Crippen molar-refractivity contribution in [2.24, 2.45) is 0 Å². The number of amides is 1. The van der Waals surface area contributed by atoms with E-state index in [9.17, 15) is 9.18 Å². The summed E-state index contributed by atoms with van der Waals surface area (Å²) in [5, 5.41) is 8.69. The zero-order valence-electron chi connectivity index (χ0n) is 11.2. The Kier molecular flexibility index (Phi) is 6.04. The first-order chi connectivity index (χ1) is 9.13. The zero-order chi connectivity index (χ0) is 14.3. The number of aliphatic hydroxyl groups excluding tert-OH is 1. The number of aliphatic hydroxyl groups is 1. The zero-order valence-corrected chi connectivity index (χ0v) is 11.2. The lowest BCUT2D eigenvalue weighted by molar-refractivity contribution is 0.0772. The van der Waals surface area contributed by atoms with Crippen LogP contribution in [-0.2, 0) is 0 Å². The maximum Gasteiger partial charge on any atom is 0.255 e. The molecule has 0 aliphatic heterocycles.